The molecule has 0 amide bonds. The minimum absolute atomic E-state index is 0.0315. The van der Waals surface area contributed by atoms with Crippen molar-refractivity contribution in [3.05, 3.63) is 33.7 Å². The van der Waals surface area contributed by atoms with E-state index < -0.39 is 5.60 Å². The first-order chi connectivity index (χ1) is 11.5. The topological polar surface area (TPSA) is 31.2 Å². The summed E-state index contributed by atoms with van der Waals surface area (Å²) in [5.74, 6) is 0.998. The summed E-state index contributed by atoms with van der Waals surface area (Å²) in [6, 6.07) is 3.84. The molecule has 0 aromatic carbocycles. The van der Waals surface area contributed by atoms with Crippen LogP contribution in [0.4, 0.5) is 0 Å². The average molecular weight is 348 g/mol. The summed E-state index contributed by atoms with van der Waals surface area (Å²) < 4.78 is 1.61. The lowest BCUT2D eigenvalue weighted by molar-refractivity contribution is -0.0694. The van der Waals surface area contributed by atoms with Crippen molar-refractivity contribution in [1.29, 1.82) is 0 Å². The van der Waals surface area contributed by atoms with E-state index in [9.17, 15) is 4.79 Å². The van der Waals surface area contributed by atoms with Crippen molar-refractivity contribution in [3.8, 4) is 0 Å². The van der Waals surface area contributed by atoms with E-state index in [1.807, 2.05) is 6.92 Å². The largest absolute Gasteiger partial charge is 0.405 e. The van der Waals surface area contributed by atoms with E-state index in [4.69, 9.17) is 4.84 Å². The van der Waals surface area contributed by atoms with Crippen LogP contribution in [0.5, 0.6) is 0 Å². The van der Waals surface area contributed by atoms with Crippen LogP contribution in [0, 0.1) is 18.3 Å². The fourth-order valence-corrected chi connectivity index (χ4v) is 4.07. The Balaban J connectivity index is 2.33. The van der Waals surface area contributed by atoms with Gasteiger partial charge in [0, 0.05) is 12.0 Å². The van der Waals surface area contributed by atoms with Crippen LogP contribution in [0.1, 0.15) is 97.2 Å². The summed E-state index contributed by atoms with van der Waals surface area (Å²) in [5, 5.41) is 0. The first-order valence-corrected chi connectivity index (χ1v) is 9.95. The van der Waals surface area contributed by atoms with E-state index in [0.717, 1.165) is 30.5 Å². The lowest BCUT2D eigenvalue weighted by Gasteiger charge is -2.38. The van der Waals surface area contributed by atoms with E-state index in [1.165, 1.54) is 19.3 Å². The first-order valence-electron chi connectivity index (χ1n) is 9.95. The lowest BCUT2D eigenvalue weighted by Crippen LogP contribution is -2.45. The highest BCUT2D eigenvalue weighted by Gasteiger charge is 2.34. The second-order valence-electron chi connectivity index (χ2n) is 9.60. The molecular weight excluding hydrogens is 310 g/mol. The third kappa shape index (κ3) is 5.12. The van der Waals surface area contributed by atoms with E-state index in [0.29, 0.717) is 11.8 Å². The van der Waals surface area contributed by atoms with Crippen molar-refractivity contribution < 1.29 is 4.84 Å². The van der Waals surface area contributed by atoms with Gasteiger partial charge in [-0.1, -0.05) is 47.0 Å². The van der Waals surface area contributed by atoms with Gasteiger partial charge in [0.1, 0.15) is 5.60 Å². The Labute approximate surface area is 153 Å². The quantitative estimate of drug-likeness (QED) is 0.682. The molecule has 0 N–H and O–H groups in total. The standard InChI is InChI=1S/C22H37NO2/c1-16(2)21(4,5)15-22(6,7)25-23-19(13-17(3)14-20(23)24)18-11-9-8-10-12-18/h13-14,16,18H,8-12,15H2,1-7H3. The van der Waals surface area contributed by atoms with E-state index >= 15 is 0 Å². The maximum Gasteiger partial charge on any atom is 0.283 e. The molecule has 3 nitrogen and oxygen atoms in total. The monoisotopic (exact) mass is 347 g/mol. The summed E-state index contributed by atoms with van der Waals surface area (Å²) >= 11 is 0. The molecule has 1 aromatic heterocycles. The van der Waals surface area contributed by atoms with Crippen molar-refractivity contribution in [2.75, 3.05) is 0 Å². The van der Waals surface area contributed by atoms with Crippen LogP contribution in [0.2, 0.25) is 0 Å². The van der Waals surface area contributed by atoms with Gasteiger partial charge in [0.15, 0.2) is 0 Å². The molecule has 3 heteroatoms. The number of aryl methyl sites for hydroxylation is 1. The van der Waals surface area contributed by atoms with Crippen LogP contribution in [-0.4, -0.2) is 10.3 Å². The Morgan fingerprint density at radius 1 is 1.12 bits per heavy atom. The molecule has 25 heavy (non-hydrogen) atoms. The average Bonchev–Trinajstić information content (AvgIpc) is 2.49. The summed E-state index contributed by atoms with van der Waals surface area (Å²) in [6.07, 6.45) is 7.02. The van der Waals surface area contributed by atoms with Gasteiger partial charge in [-0.05, 0) is 63.0 Å². The number of hydrogen-bond donors (Lipinski definition) is 0. The molecule has 1 aromatic rings. The third-order valence-corrected chi connectivity index (χ3v) is 5.97. The molecule has 0 aliphatic heterocycles. The highest BCUT2D eigenvalue weighted by Crippen LogP contribution is 2.36. The van der Waals surface area contributed by atoms with Gasteiger partial charge in [-0.15, -0.1) is 4.73 Å². The summed E-state index contributed by atoms with van der Waals surface area (Å²) in [5.41, 5.74) is 1.83. The molecule has 142 valence electrons. The van der Waals surface area contributed by atoms with Gasteiger partial charge >= 0.3 is 0 Å². The second kappa shape index (κ2) is 7.55. The van der Waals surface area contributed by atoms with Crippen molar-refractivity contribution in [1.82, 2.24) is 4.73 Å². The molecule has 1 aliphatic rings. The number of rotatable bonds is 6. The van der Waals surface area contributed by atoms with Crippen LogP contribution >= 0.6 is 0 Å². The minimum Gasteiger partial charge on any atom is -0.405 e. The van der Waals surface area contributed by atoms with Crippen molar-refractivity contribution in [2.24, 2.45) is 11.3 Å². The summed E-state index contributed by atoms with van der Waals surface area (Å²) in [6.45, 7) is 15.3. The van der Waals surface area contributed by atoms with Crippen LogP contribution < -0.4 is 10.4 Å². The third-order valence-electron chi connectivity index (χ3n) is 5.97. The van der Waals surface area contributed by atoms with Gasteiger partial charge in [0.2, 0.25) is 0 Å². The van der Waals surface area contributed by atoms with Crippen molar-refractivity contribution in [2.45, 2.75) is 98.5 Å². The molecule has 1 saturated carbocycles. The van der Waals surface area contributed by atoms with E-state index in [1.54, 1.807) is 10.8 Å². The molecule has 0 atom stereocenters. The fourth-order valence-electron chi connectivity index (χ4n) is 4.07. The normalized spacial score (nSPS) is 17.1. The zero-order valence-electron chi connectivity index (χ0n) is 17.3. The molecule has 1 fully saturated rings. The Morgan fingerprint density at radius 2 is 1.72 bits per heavy atom. The van der Waals surface area contributed by atoms with Gasteiger partial charge in [0.05, 0.1) is 5.69 Å². The van der Waals surface area contributed by atoms with Gasteiger partial charge in [0.25, 0.3) is 5.56 Å². The van der Waals surface area contributed by atoms with Crippen LogP contribution in [0.25, 0.3) is 0 Å². The van der Waals surface area contributed by atoms with Crippen molar-refractivity contribution in [3.63, 3.8) is 0 Å². The highest BCUT2D eigenvalue weighted by molar-refractivity contribution is 5.19. The maximum atomic E-state index is 12.7. The van der Waals surface area contributed by atoms with Gasteiger partial charge in [-0.3, -0.25) is 4.79 Å². The predicted octanol–water partition coefficient (Wildman–Crippen LogP) is 5.48. The maximum absolute atomic E-state index is 12.7. The molecule has 1 aliphatic carbocycles. The molecule has 2 rings (SSSR count). The molecule has 0 radical (unpaired) electrons. The van der Waals surface area contributed by atoms with Crippen LogP contribution in [-0.2, 0) is 0 Å². The van der Waals surface area contributed by atoms with Crippen molar-refractivity contribution >= 4 is 0 Å². The van der Waals surface area contributed by atoms with E-state index in [-0.39, 0.29) is 11.0 Å². The Hall–Kier alpha value is -1.25. The van der Waals surface area contributed by atoms with Crippen LogP contribution in [0.15, 0.2) is 16.9 Å². The summed E-state index contributed by atoms with van der Waals surface area (Å²) in [7, 11) is 0. The smallest absolute Gasteiger partial charge is 0.283 e. The zero-order valence-corrected chi connectivity index (χ0v) is 17.3. The SMILES string of the molecule is Cc1cc(C2CCCCC2)n(OC(C)(C)CC(C)(C)C(C)C)c(=O)c1. The zero-order chi connectivity index (χ0) is 18.8. The molecule has 0 bridgehead atoms. The molecule has 1 heterocycles. The Morgan fingerprint density at radius 3 is 2.28 bits per heavy atom. The Bertz CT molecular complexity index is 634. The molecular formula is C22H37NO2. The molecule has 0 saturated heterocycles. The first kappa shape index (κ1) is 20.1. The van der Waals surface area contributed by atoms with Gasteiger partial charge < -0.3 is 4.84 Å². The number of pyridine rings is 1. The second-order valence-corrected chi connectivity index (χ2v) is 9.60. The minimum atomic E-state index is -0.393. The Kier molecular flexibility index (Phi) is 6.06. The van der Waals surface area contributed by atoms with E-state index in [2.05, 4.69) is 47.6 Å². The van der Waals surface area contributed by atoms with Gasteiger partial charge in [-0.2, -0.15) is 0 Å². The molecule has 0 unspecified atom stereocenters. The fraction of sp³-hybridized carbons (Fsp3) is 0.773. The number of hydrogen-bond acceptors (Lipinski definition) is 2. The highest BCUT2D eigenvalue weighted by atomic mass is 16.7. The predicted molar refractivity (Wildman–Crippen MR) is 105 cm³/mol. The molecule has 0 spiro atoms. The van der Waals surface area contributed by atoms with Crippen LogP contribution in [0.3, 0.4) is 0 Å². The van der Waals surface area contributed by atoms with Gasteiger partial charge in [-0.25, -0.2) is 0 Å². The summed E-state index contributed by atoms with van der Waals surface area (Å²) in [4.78, 5) is 19.1. The number of aromatic nitrogens is 1. The lowest BCUT2D eigenvalue weighted by atomic mass is 9.74. The number of nitrogens with zero attached hydrogens (tertiary/aromatic N) is 1.